The number of rotatable bonds is 9. The van der Waals surface area contributed by atoms with Crippen LogP contribution in [0.25, 0.3) is 0 Å². The minimum atomic E-state index is -0.600. The van der Waals surface area contributed by atoms with Crippen LogP contribution in [0.2, 0.25) is 0 Å². The summed E-state index contributed by atoms with van der Waals surface area (Å²) in [5.41, 5.74) is 6.19. The lowest BCUT2D eigenvalue weighted by Gasteiger charge is -2.29. The van der Waals surface area contributed by atoms with E-state index in [4.69, 9.17) is 0 Å². The van der Waals surface area contributed by atoms with Crippen molar-refractivity contribution in [2.24, 2.45) is 0 Å². The highest BCUT2D eigenvalue weighted by Gasteiger charge is 2.25. The molecule has 0 aliphatic carbocycles. The summed E-state index contributed by atoms with van der Waals surface area (Å²) < 4.78 is 0. The molecular formula is C32H43P. The molecule has 0 aromatic heterocycles. The fourth-order valence-corrected chi connectivity index (χ4v) is 7.75. The van der Waals surface area contributed by atoms with Crippen molar-refractivity contribution in [3.8, 4) is 0 Å². The van der Waals surface area contributed by atoms with Crippen molar-refractivity contribution in [3.05, 3.63) is 89.0 Å². The number of benzene rings is 3. The molecule has 0 N–H and O–H groups in total. The van der Waals surface area contributed by atoms with E-state index in [1.165, 1.54) is 63.9 Å². The molecule has 0 radical (unpaired) electrons. The van der Waals surface area contributed by atoms with Crippen LogP contribution in [0, 0.1) is 13.8 Å². The third-order valence-electron chi connectivity index (χ3n) is 7.20. The molecule has 0 saturated carbocycles. The largest absolute Gasteiger partial charge is 0.0654 e. The van der Waals surface area contributed by atoms with Gasteiger partial charge in [-0.25, -0.2) is 0 Å². The predicted molar refractivity (Wildman–Crippen MR) is 150 cm³/mol. The maximum atomic E-state index is 2.46. The van der Waals surface area contributed by atoms with Crippen LogP contribution in [-0.4, -0.2) is 0 Å². The molecule has 0 nitrogen and oxygen atoms in total. The first-order valence-electron chi connectivity index (χ1n) is 12.7. The second kappa shape index (κ2) is 10.6. The summed E-state index contributed by atoms with van der Waals surface area (Å²) in [4.78, 5) is 0. The van der Waals surface area contributed by atoms with Gasteiger partial charge in [0, 0.05) is 0 Å². The van der Waals surface area contributed by atoms with Crippen molar-refractivity contribution in [1.29, 1.82) is 0 Å². The SMILES string of the molecule is CCCC(C)(C)c1ccc(P(c2ccccc2)c2ccc(C(C)(C)CCC)cc2C)c(C)c1. The van der Waals surface area contributed by atoms with Gasteiger partial charge in [0.25, 0.3) is 0 Å². The molecule has 0 amide bonds. The lowest BCUT2D eigenvalue weighted by atomic mass is 9.80. The average Bonchev–Trinajstić information content (AvgIpc) is 2.76. The van der Waals surface area contributed by atoms with Crippen LogP contribution < -0.4 is 15.9 Å². The molecule has 0 heterocycles. The van der Waals surface area contributed by atoms with Crippen LogP contribution in [0.15, 0.2) is 66.7 Å². The third kappa shape index (κ3) is 5.78. The van der Waals surface area contributed by atoms with Gasteiger partial charge in [-0.2, -0.15) is 0 Å². The zero-order valence-corrected chi connectivity index (χ0v) is 23.0. The van der Waals surface area contributed by atoms with Gasteiger partial charge in [-0.1, -0.05) is 121 Å². The second-order valence-corrected chi connectivity index (χ2v) is 13.1. The van der Waals surface area contributed by atoms with E-state index in [0.717, 1.165) is 0 Å². The van der Waals surface area contributed by atoms with Gasteiger partial charge < -0.3 is 0 Å². The van der Waals surface area contributed by atoms with E-state index in [-0.39, 0.29) is 10.8 Å². The van der Waals surface area contributed by atoms with Gasteiger partial charge in [0.05, 0.1) is 0 Å². The van der Waals surface area contributed by atoms with Gasteiger partial charge in [0.1, 0.15) is 0 Å². The Morgan fingerprint density at radius 3 is 1.39 bits per heavy atom. The van der Waals surface area contributed by atoms with E-state index < -0.39 is 7.92 Å². The van der Waals surface area contributed by atoms with Crippen molar-refractivity contribution in [1.82, 2.24) is 0 Å². The first kappa shape index (κ1) is 25.7. The molecule has 33 heavy (non-hydrogen) atoms. The first-order chi connectivity index (χ1) is 15.6. The Morgan fingerprint density at radius 2 is 1.03 bits per heavy atom. The smallest absolute Gasteiger partial charge is 0.0104 e. The van der Waals surface area contributed by atoms with E-state index in [1.807, 2.05) is 0 Å². The number of aryl methyl sites for hydroxylation is 2. The van der Waals surface area contributed by atoms with E-state index in [9.17, 15) is 0 Å². The monoisotopic (exact) mass is 458 g/mol. The molecular weight excluding hydrogens is 415 g/mol. The minimum absolute atomic E-state index is 0.218. The molecule has 176 valence electrons. The van der Waals surface area contributed by atoms with Crippen molar-refractivity contribution in [2.75, 3.05) is 0 Å². The van der Waals surface area contributed by atoms with E-state index in [0.29, 0.717) is 0 Å². The van der Waals surface area contributed by atoms with E-state index >= 15 is 0 Å². The van der Waals surface area contributed by atoms with Gasteiger partial charge in [0.2, 0.25) is 0 Å². The van der Waals surface area contributed by atoms with Gasteiger partial charge in [-0.05, 0) is 83.6 Å². The number of hydrogen-bond acceptors (Lipinski definition) is 0. The van der Waals surface area contributed by atoms with Gasteiger partial charge in [-0.3, -0.25) is 0 Å². The first-order valence-corrected chi connectivity index (χ1v) is 14.0. The van der Waals surface area contributed by atoms with Crippen molar-refractivity contribution < 1.29 is 0 Å². The van der Waals surface area contributed by atoms with Crippen molar-refractivity contribution >= 4 is 23.8 Å². The quantitative estimate of drug-likeness (QED) is 0.283. The van der Waals surface area contributed by atoms with Crippen molar-refractivity contribution in [3.63, 3.8) is 0 Å². The normalized spacial score (nSPS) is 12.4. The van der Waals surface area contributed by atoms with Crippen LogP contribution in [0.5, 0.6) is 0 Å². The van der Waals surface area contributed by atoms with Gasteiger partial charge in [-0.15, -0.1) is 0 Å². The second-order valence-electron chi connectivity index (χ2n) is 10.9. The Labute approximate surface area is 204 Å². The fourth-order valence-electron chi connectivity index (χ4n) is 5.18. The standard InChI is InChI=1S/C32H43P/c1-9-20-31(5,6)26-16-18-29(24(3)22-26)33(28-14-12-11-13-15-28)30-19-17-27(23-25(30)4)32(7,8)21-10-2/h11-19,22-23H,9-10,20-21H2,1-8H3. The average molecular weight is 459 g/mol. The molecule has 0 atom stereocenters. The summed E-state index contributed by atoms with van der Waals surface area (Å²) in [6, 6.07) is 25.7. The molecule has 0 spiro atoms. The van der Waals surface area contributed by atoms with Crippen LogP contribution in [0.3, 0.4) is 0 Å². The number of hydrogen-bond donors (Lipinski definition) is 0. The van der Waals surface area contributed by atoms with Gasteiger partial charge in [0.15, 0.2) is 0 Å². The molecule has 0 unspecified atom stereocenters. The Kier molecular flexibility index (Phi) is 8.23. The Morgan fingerprint density at radius 1 is 0.606 bits per heavy atom. The minimum Gasteiger partial charge on any atom is -0.0654 e. The van der Waals surface area contributed by atoms with Crippen LogP contribution in [-0.2, 0) is 10.8 Å². The molecule has 0 fully saturated rings. The molecule has 1 heteroatoms. The van der Waals surface area contributed by atoms with Crippen LogP contribution in [0.4, 0.5) is 0 Å². The third-order valence-corrected chi connectivity index (χ3v) is 9.98. The topological polar surface area (TPSA) is 0 Å². The highest BCUT2D eigenvalue weighted by molar-refractivity contribution is 7.80. The molecule has 0 aliphatic heterocycles. The van der Waals surface area contributed by atoms with Crippen LogP contribution in [0.1, 0.15) is 89.5 Å². The van der Waals surface area contributed by atoms with E-state index in [2.05, 4.69) is 122 Å². The molecule has 0 bridgehead atoms. The maximum Gasteiger partial charge on any atom is -0.0104 e. The summed E-state index contributed by atoms with van der Waals surface area (Å²) >= 11 is 0. The molecule has 3 aromatic carbocycles. The predicted octanol–water partition coefficient (Wildman–Crippen LogP) is 8.22. The lowest BCUT2D eigenvalue weighted by molar-refractivity contribution is 0.473. The van der Waals surface area contributed by atoms with E-state index in [1.54, 1.807) is 0 Å². The summed E-state index contributed by atoms with van der Waals surface area (Å²) in [5, 5.41) is 4.40. The summed E-state index contributed by atoms with van der Waals surface area (Å²) in [5.74, 6) is 0. The zero-order chi connectivity index (χ0) is 24.2. The zero-order valence-electron chi connectivity index (χ0n) is 22.1. The molecule has 3 aromatic rings. The Bertz CT molecular complexity index is 992. The van der Waals surface area contributed by atoms with Crippen LogP contribution >= 0.6 is 7.92 Å². The highest BCUT2D eigenvalue weighted by atomic mass is 31.1. The highest BCUT2D eigenvalue weighted by Crippen LogP contribution is 2.38. The van der Waals surface area contributed by atoms with Crippen molar-refractivity contribution in [2.45, 2.75) is 91.9 Å². The Hall–Kier alpha value is -1.91. The molecule has 3 rings (SSSR count). The lowest BCUT2D eigenvalue weighted by Crippen LogP contribution is -2.26. The Balaban J connectivity index is 2.12. The van der Waals surface area contributed by atoms with Gasteiger partial charge >= 0.3 is 0 Å². The maximum absolute atomic E-state index is 2.46. The molecule has 0 saturated heterocycles. The fraction of sp³-hybridized carbons (Fsp3) is 0.438. The summed E-state index contributed by atoms with van der Waals surface area (Å²) in [6.07, 6.45) is 4.86. The molecule has 0 aliphatic rings. The summed E-state index contributed by atoms with van der Waals surface area (Å²) in [6.45, 7) is 18.7. The summed E-state index contributed by atoms with van der Waals surface area (Å²) in [7, 11) is -0.600.